The van der Waals surface area contributed by atoms with E-state index in [2.05, 4.69) is 43.1 Å². The second-order valence-electron chi connectivity index (χ2n) is 5.17. The molecule has 94 valence electrons. The number of anilines is 1. The van der Waals surface area contributed by atoms with Gasteiger partial charge in [-0.2, -0.15) is 0 Å². The van der Waals surface area contributed by atoms with E-state index in [1.165, 1.54) is 5.56 Å². The predicted molar refractivity (Wildman–Crippen MR) is 71.7 cm³/mol. The van der Waals surface area contributed by atoms with Gasteiger partial charge in [-0.1, -0.05) is 32.9 Å². The van der Waals surface area contributed by atoms with E-state index in [1.807, 2.05) is 12.1 Å². The third-order valence-electron chi connectivity index (χ3n) is 2.60. The Balaban J connectivity index is 2.13. The highest BCUT2D eigenvalue weighted by atomic mass is 16.5. The fourth-order valence-corrected chi connectivity index (χ4v) is 1.53. The highest BCUT2D eigenvalue weighted by molar-refractivity contribution is 5.34. The molecule has 0 aliphatic rings. The van der Waals surface area contributed by atoms with Gasteiger partial charge in [0.05, 0.1) is 0 Å². The van der Waals surface area contributed by atoms with Crippen LogP contribution in [0, 0.1) is 0 Å². The molecule has 0 fully saturated rings. The van der Waals surface area contributed by atoms with E-state index in [-0.39, 0.29) is 5.41 Å². The van der Waals surface area contributed by atoms with Crippen LogP contribution < -0.4 is 10.5 Å². The van der Waals surface area contributed by atoms with Crippen LogP contribution in [0.15, 0.2) is 36.4 Å². The molecule has 4 heteroatoms. The van der Waals surface area contributed by atoms with E-state index in [1.54, 1.807) is 12.1 Å². The Bertz CT molecular complexity index is 512. The zero-order valence-corrected chi connectivity index (χ0v) is 10.8. The van der Waals surface area contributed by atoms with Gasteiger partial charge in [0, 0.05) is 6.07 Å². The number of benzene rings is 1. The van der Waals surface area contributed by atoms with Gasteiger partial charge in [-0.15, -0.1) is 10.2 Å². The molecule has 0 radical (unpaired) electrons. The van der Waals surface area contributed by atoms with Gasteiger partial charge in [0.15, 0.2) is 0 Å². The smallest absolute Gasteiger partial charge is 0.238 e. The molecule has 1 aromatic heterocycles. The zero-order valence-electron chi connectivity index (χ0n) is 10.8. The Hall–Kier alpha value is -2.10. The van der Waals surface area contributed by atoms with Gasteiger partial charge in [-0.3, -0.25) is 0 Å². The van der Waals surface area contributed by atoms with E-state index in [0.717, 1.165) is 5.75 Å². The first-order valence-corrected chi connectivity index (χ1v) is 5.83. The molecule has 4 nitrogen and oxygen atoms in total. The quantitative estimate of drug-likeness (QED) is 0.880. The molecule has 18 heavy (non-hydrogen) atoms. The van der Waals surface area contributed by atoms with Crippen molar-refractivity contribution >= 4 is 5.82 Å². The molecule has 0 bridgehead atoms. The molecular weight excluding hydrogens is 226 g/mol. The van der Waals surface area contributed by atoms with Crippen molar-refractivity contribution in [2.24, 2.45) is 0 Å². The van der Waals surface area contributed by atoms with Gasteiger partial charge in [0.1, 0.15) is 11.6 Å². The second-order valence-corrected chi connectivity index (χ2v) is 5.17. The predicted octanol–water partition coefficient (Wildman–Crippen LogP) is 3.15. The zero-order chi connectivity index (χ0) is 13.2. The molecule has 0 aliphatic heterocycles. The lowest BCUT2D eigenvalue weighted by Gasteiger charge is -2.19. The van der Waals surface area contributed by atoms with E-state index < -0.39 is 0 Å². The van der Waals surface area contributed by atoms with Crippen molar-refractivity contribution in [3.63, 3.8) is 0 Å². The minimum Gasteiger partial charge on any atom is -0.438 e. The summed E-state index contributed by atoms with van der Waals surface area (Å²) in [7, 11) is 0. The van der Waals surface area contributed by atoms with Crippen molar-refractivity contribution < 1.29 is 4.74 Å². The summed E-state index contributed by atoms with van der Waals surface area (Å²) < 4.78 is 5.57. The minimum atomic E-state index is 0.138. The average molecular weight is 243 g/mol. The second kappa shape index (κ2) is 4.64. The molecule has 0 amide bonds. The van der Waals surface area contributed by atoms with E-state index in [9.17, 15) is 0 Å². The van der Waals surface area contributed by atoms with Crippen LogP contribution in [0.1, 0.15) is 26.3 Å². The summed E-state index contributed by atoms with van der Waals surface area (Å²) in [5.41, 5.74) is 6.86. The van der Waals surface area contributed by atoms with Gasteiger partial charge < -0.3 is 10.5 Å². The van der Waals surface area contributed by atoms with Crippen LogP contribution in [-0.2, 0) is 5.41 Å². The lowest BCUT2D eigenvalue weighted by atomic mass is 9.87. The number of nitrogen functional groups attached to an aromatic ring is 1. The van der Waals surface area contributed by atoms with Crippen LogP contribution in [0.4, 0.5) is 5.82 Å². The van der Waals surface area contributed by atoms with Crippen molar-refractivity contribution in [3.8, 4) is 11.6 Å². The third kappa shape index (κ3) is 2.97. The highest BCUT2D eigenvalue weighted by Crippen LogP contribution is 2.26. The van der Waals surface area contributed by atoms with E-state index in [0.29, 0.717) is 11.7 Å². The van der Waals surface area contributed by atoms with Gasteiger partial charge in [0.25, 0.3) is 0 Å². The number of aromatic nitrogens is 2. The Morgan fingerprint density at radius 1 is 0.944 bits per heavy atom. The van der Waals surface area contributed by atoms with Crippen LogP contribution in [0.2, 0.25) is 0 Å². The molecule has 1 heterocycles. The standard InChI is InChI=1S/C14H17N3O/c1-14(2,3)10-4-6-11(7-5-10)18-13-9-8-12(15)16-17-13/h4-9H,1-3H3,(H2,15,16). The molecule has 0 unspecified atom stereocenters. The Morgan fingerprint density at radius 2 is 1.61 bits per heavy atom. The number of ether oxygens (including phenoxy) is 1. The van der Waals surface area contributed by atoms with Crippen LogP contribution in [0.5, 0.6) is 11.6 Å². The van der Waals surface area contributed by atoms with Gasteiger partial charge in [-0.05, 0) is 29.2 Å². The molecule has 0 spiro atoms. The number of nitrogens with two attached hydrogens (primary N) is 1. The monoisotopic (exact) mass is 243 g/mol. The van der Waals surface area contributed by atoms with Gasteiger partial charge in [0.2, 0.25) is 5.88 Å². The highest BCUT2D eigenvalue weighted by Gasteiger charge is 2.13. The Morgan fingerprint density at radius 3 is 2.11 bits per heavy atom. The maximum absolute atomic E-state index is 5.57. The van der Waals surface area contributed by atoms with Gasteiger partial charge in [-0.25, -0.2) is 0 Å². The van der Waals surface area contributed by atoms with E-state index >= 15 is 0 Å². The fraction of sp³-hybridized carbons (Fsp3) is 0.286. The lowest BCUT2D eigenvalue weighted by Crippen LogP contribution is -2.10. The first-order chi connectivity index (χ1) is 8.45. The largest absolute Gasteiger partial charge is 0.438 e. The molecule has 0 saturated heterocycles. The van der Waals surface area contributed by atoms with Crippen LogP contribution in [0.25, 0.3) is 0 Å². The summed E-state index contributed by atoms with van der Waals surface area (Å²) in [5.74, 6) is 1.56. The summed E-state index contributed by atoms with van der Waals surface area (Å²) >= 11 is 0. The van der Waals surface area contributed by atoms with E-state index in [4.69, 9.17) is 10.5 Å². The minimum absolute atomic E-state index is 0.138. The Kier molecular flexibility index (Phi) is 3.19. The lowest BCUT2D eigenvalue weighted by molar-refractivity contribution is 0.455. The summed E-state index contributed by atoms with van der Waals surface area (Å²) in [6.45, 7) is 6.52. The molecule has 2 aromatic rings. The molecule has 0 atom stereocenters. The van der Waals surface area contributed by atoms with Crippen molar-refractivity contribution in [1.82, 2.24) is 10.2 Å². The molecule has 2 rings (SSSR count). The van der Waals surface area contributed by atoms with Crippen LogP contribution in [-0.4, -0.2) is 10.2 Å². The summed E-state index contributed by atoms with van der Waals surface area (Å²) in [6, 6.07) is 11.3. The van der Waals surface area contributed by atoms with Crippen LogP contribution >= 0.6 is 0 Å². The van der Waals surface area contributed by atoms with Crippen molar-refractivity contribution in [2.75, 3.05) is 5.73 Å². The molecule has 0 saturated carbocycles. The molecular formula is C14H17N3O. The maximum atomic E-state index is 5.57. The third-order valence-corrected chi connectivity index (χ3v) is 2.60. The number of hydrogen-bond donors (Lipinski definition) is 1. The molecule has 1 aromatic carbocycles. The number of nitrogens with zero attached hydrogens (tertiary/aromatic N) is 2. The molecule has 2 N–H and O–H groups in total. The van der Waals surface area contributed by atoms with Crippen molar-refractivity contribution in [2.45, 2.75) is 26.2 Å². The van der Waals surface area contributed by atoms with Crippen molar-refractivity contribution in [1.29, 1.82) is 0 Å². The first kappa shape index (κ1) is 12.4. The van der Waals surface area contributed by atoms with Gasteiger partial charge >= 0.3 is 0 Å². The fourth-order valence-electron chi connectivity index (χ4n) is 1.53. The summed E-state index contributed by atoms with van der Waals surface area (Å²) in [4.78, 5) is 0. The number of hydrogen-bond acceptors (Lipinski definition) is 4. The summed E-state index contributed by atoms with van der Waals surface area (Å²) in [5, 5.41) is 7.58. The maximum Gasteiger partial charge on any atom is 0.238 e. The van der Waals surface area contributed by atoms with Crippen LogP contribution in [0.3, 0.4) is 0 Å². The normalized spacial score (nSPS) is 11.3. The first-order valence-electron chi connectivity index (χ1n) is 5.83. The van der Waals surface area contributed by atoms with Crippen molar-refractivity contribution in [3.05, 3.63) is 42.0 Å². The summed E-state index contributed by atoms with van der Waals surface area (Å²) in [6.07, 6.45) is 0. The Labute approximate surface area is 107 Å². The average Bonchev–Trinajstić information content (AvgIpc) is 2.32. The topological polar surface area (TPSA) is 61.0 Å². The molecule has 0 aliphatic carbocycles. The SMILES string of the molecule is CC(C)(C)c1ccc(Oc2ccc(N)nn2)cc1. The number of rotatable bonds is 2.